The summed E-state index contributed by atoms with van der Waals surface area (Å²) in [4.78, 5) is 13.6. The highest BCUT2D eigenvalue weighted by Crippen LogP contribution is 2.20. The van der Waals surface area contributed by atoms with Crippen LogP contribution in [0.2, 0.25) is 0 Å². The lowest BCUT2D eigenvalue weighted by Gasteiger charge is -2.31. The molecule has 1 aliphatic rings. The molecule has 1 atom stereocenters. The summed E-state index contributed by atoms with van der Waals surface area (Å²) in [7, 11) is 1.82. The summed E-state index contributed by atoms with van der Waals surface area (Å²) < 4.78 is 0. The Kier molecular flexibility index (Phi) is 4.94. The maximum atomic E-state index is 11.8. The van der Waals surface area contributed by atoms with Gasteiger partial charge in [0.1, 0.15) is 5.82 Å². The van der Waals surface area contributed by atoms with E-state index in [1.54, 1.807) is 6.92 Å². The number of carbonyl (C=O) groups excluding carboxylic acids is 1. The topological polar surface area (TPSA) is 58.1 Å². The molecular formula is C15H20N4O. The van der Waals surface area contributed by atoms with E-state index in [2.05, 4.69) is 27.4 Å². The van der Waals surface area contributed by atoms with Gasteiger partial charge in [-0.3, -0.25) is 4.79 Å². The fraction of sp³-hybridized carbons (Fsp3) is 0.533. The molecule has 1 fully saturated rings. The van der Waals surface area contributed by atoms with Crippen LogP contribution in [0.4, 0.5) is 5.82 Å². The number of anilines is 1. The van der Waals surface area contributed by atoms with Crippen LogP contribution in [0.25, 0.3) is 0 Å². The first kappa shape index (κ1) is 14.3. The largest absolute Gasteiger partial charge is 0.372 e. The highest BCUT2D eigenvalue weighted by molar-refractivity contribution is 5.93. The van der Waals surface area contributed by atoms with Crippen molar-refractivity contribution >= 4 is 11.7 Å². The van der Waals surface area contributed by atoms with Crippen molar-refractivity contribution in [1.29, 1.82) is 0 Å². The van der Waals surface area contributed by atoms with Gasteiger partial charge in [-0.2, -0.15) is 5.10 Å². The van der Waals surface area contributed by atoms with Crippen molar-refractivity contribution in [2.45, 2.75) is 26.2 Å². The van der Waals surface area contributed by atoms with Crippen LogP contribution in [0.3, 0.4) is 0 Å². The molecular weight excluding hydrogens is 252 g/mol. The Hall–Kier alpha value is -2.09. The predicted octanol–water partition coefficient (Wildman–Crippen LogP) is 1.32. The van der Waals surface area contributed by atoms with Gasteiger partial charge in [-0.05, 0) is 50.2 Å². The summed E-state index contributed by atoms with van der Waals surface area (Å²) in [5, 5.41) is 11.2. The van der Waals surface area contributed by atoms with Gasteiger partial charge in [-0.1, -0.05) is 5.92 Å². The first-order valence-corrected chi connectivity index (χ1v) is 6.95. The van der Waals surface area contributed by atoms with Crippen LogP contribution in [-0.4, -0.2) is 41.1 Å². The average molecular weight is 272 g/mol. The molecule has 5 nitrogen and oxygen atoms in total. The fourth-order valence-electron chi connectivity index (χ4n) is 2.50. The van der Waals surface area contributed by atoms with E-state index >= 15 is 0 Å². The van der Waals surface area contributed by atoms with E-state index in [0.29, 0.717) is 5.92 Å². The van der Waals surface area contributed by atoms with Gasteiger partial charge in [0.2, 0.25) is 0 Å². The van der Waals surface area contributed by atoms with E-state index in [4.69, 9.17) is 0 Å². The lowest BCUT2D eigenvalue weighted by Crippen LogP contribution is -2.40. The van der Waals surface area contributed by atoms with Crippen molar-refractivity contribution in [3.05, 3.63) is 17.8 Å². The van der Waals surface area contributed by atoms with Crippen molar-refractivity contribution in [1.82, 2.24) is 15.1 Å². The molecule has 20 heavy (non-hydrogen) atoms. The van der Waals surface area contributed by atoms with Gasteiger partial charge in [0.15, 0.2) is 0 Å². The molecule has 0 saturated carbocycles. The van der Waals surface area contributed by atoms with Gasteiger partial charge < -0.3 is 10.2 Å². The van der Waals surface area contributed by atoms with Crippen LogP contribution < -0.4 is 5.32 Å². The molecule has 0 bridgehead atoms. The lowest BCUT2D eigenvalue weighted by molar-refractivity contribution is -0.126. The van der Waals surface area contributed by atoms with Crippen LogP contribution in [0.15, 0.2) is 12.1 Å². The molecule has 1 aliphatic heterocycles. The van der Waals surface area contributed by atoms with Gasteiger partial charge in [0.05, 0.1) is 5.69 Å². The molecule has 5 heteroatoms. The standard InChI is InChI=1S/C15H20N4O/c1-3-5-15(20)19-9-4-6-12(11-19)10-13-7-8-14(16-2)18-17-13/h7-8,12H,4,6,9-11H2,1-2H3,(H,16,18). The Morgan fingerprint density at radius 2 is 2.35 bits per heavy atom. The van der Waals surface area contributed by atoms with Gasteiger partial charge in [0.25, 0.3) is 5.91 Å². The predicted molar refractivity (Wildman–Crippen MR) is 78.0 cm³/mol. The lowest BCUT2D eigenvalue weighted by atomic mass is 9.93. The number of nitrogens with zero attached hydrogens (tertiary/aromatic N) is 3. The second-order valence-corrected chi connectivity index (χ2v) is 5.00. The van der Waals surface area contributed by atoms with Crippen LogP contribution in [0, 0.1) is 17.8 Å². The molecule has 2 heterocycles. The molecule has 1 N–H and O–H groups in total. The molecule has 0 aliphatic carbocycles. The SMILES string of the molecule is CC#CC(=O)N1CCCC(Cc2ccc(NC)nn2)C1. The third-order valence-electron chi connectivity index (χ3n) is 3.51. The van der Waals surface area contributed by atoms with E-state index in [9.17, 15) is 4.79 Å². The smallest absolute Gasteiger partial charge is 0.298 e. The highest BCUT2D eigenvalue weighted by Gasteiger charge is 2.23. The monoisotopic (exact) mass is 272 g/mol. The number of nitrogens with one attached hydrogen (secondary N) is 1. The molecule has 1 unspecified atom stereocenters. The van der Waals surface area contributed by atoms with E-state index in [1.807, 2.05) is 24.1 Å². The Morgan fingerprint density at radius 3 is 3.00 bits per heavy atom. The van der Waals surface area contributed by atoms with Crippen molar-refractivity contribution in [2.75, 3.05) is 25.5 Å². The maximum Gasteiger partial charge on any atom is 0.298 e. The molecule has 0 radical (unpaired) electrons. The van der Waals surface area contributed by atoms with E-state index < -0.39 is 0 Å². The molecule has 0 spiro atoms. The Bertz CT molecular complexity index is 515. The molecule has 0 aromatic carbocycles. The van der Waals surface area contributed by atoms with Crippen LogP contribution in [0.1, 0.15) is 25.5 Å². The summed E-state index contributed by atoms with van der Waals surface area (Å²) in [6, 6.07) is 3.92. The zero-order valence-corrected chi connectivity index (χ0v) is 12.0. The van der Waals surface area contributed by atoms with Crippen molar-refractivity contribution in [2.24, 2.45) is 5.92 Å². The van der Waals surface area contributed by atoms with Crippen molar-refractivity contribution < 1.29 is 4.79 Å². The second-order valence-electron chi connectivity index (χ2n) is 5.00. The number of piperidine rings is 1. The number of carbonyl (C=O) groups is 1. The normalized spacial score (nSPS) is 18.1. The van der Waals surface area contributed by atoms with Gasteiger partial charge in [0, 0.05) is 20.1 Å². The highest BCUT2D eigenvalue weighted by atomic mass is 16.2. The summed E-state index contributed by atoms with van der Waals surface area (Å²) >= 11 is 0. The first-order chi connectivity index (χ1) is 9.72. The van der Waals surface area contributed by atoms with Gasteiger partial charge in [-0.15, -0.1) is 5.10 Å². The molecule has 1 amide bonds. The third-order valence-corrected chi connectivity index (χ3v) is 3.51. The second kappa shape index (κ2) is 6.90. The molecule has 1 aromatic rings. The Balaban J connectivity index is 1.94. The first-order valence-electron chi connectivity index (χ1n) is 6.95. The minimum absolute atomic E-state index is 0.0613. The van der Waals surface area contributed by atoms with Crippen LogP contribution in [0.5, 0.6) is 0 Å². The molecule has 1 aromatic heterocycles. The number of likely N-dealkylation sites (tertiary alicyclic amines) is 1. The zero-order chi connectivity index (χ0) is 14.4. The summed E-state index contributed by atoms with van der Waals surface area (Å²) in [6.07, 6.45) is 3.02. The summed E-state index contributed by atoms with van der Waals surface area (Å²) in [5.41, 5.74) is 0.977. The van der Waals surface area contributed by atoms with Gasteiger partial charge >= 0.3 is 0 Å². The van der Waals surface area contributed by atoms with Crippen molar-refractivity contribution in [3.63, 3.8) is 0 Å². The van der Waals surface area contributed by atoms with Crippen LogP contribution in [-0.2, 0) is 11.2 Å². The number of hydrogen-bond acceptors (Lipinski definition) is 4. The minimum Gasteiger partial charge on any atom is -0.372 e. The average Bonchev–Trinajstić information content (AvgIpc) is 2.48. The van der Waals surface area contributed by atoms with E-state index in [1.165, 1.54) is 0 Å². The Morgan fingerprint density at radius 1 is 1.50 bits per heavy atom. The zero-order valence-electron chi connectivity index (χ0n) is 12.0. The summed E-state index contributed by atoms with van der Waals surface area (Å²) in [6.45, 7) is 3.27. The number of rotatable bonds is 3. The maximum absolute atomic E-state index is 11.8. The molecule has 106 valence electrons. The quantitative estimate of drug-likeness (QED) is 0.843. The fourth-order valence-corrected chi connectivity index (χ4v) is 2.50. The van der Waals surface area contributed by atoms with Crippen LogP contribution >= 0.6 is 0 Å². The van der Waals surface area contributed by atoms with E-state index in [-0.39, 0.29) is 5.91 Å². The third kappa shape index (κ3) is 3.70. The summed E-state index contributed by atoms with van der Waals surface area (Å²) in [5.74, 6) is 6.44. The molecule has 2 rings (SSSR count). The number of aromatic nitrogens is 2. The number of amides is 1. The minimum atomic E-state index is -0.0613. The Labute approximate surface area is 119 Å². The van der Waals surface area contributed by atoms with Gasteiger partial charge in [-0.25, -0.2) is 0 Å². The van der Waals surface area contributed by atoms with E-state index in [0.717, 1.165) is 43.9 Å². The van der Waals surface area contributed by atoms with Crippen molar-refractivity contribution in [3.8, 4) is 11.8 Å². The number of hydrogen-bond donors (Lipinski definition) is 1. The molecule has 1 saturated heterocycles.